The first-order chi connectivity index (χ1) is 16.9. The first kappa shape index (κ1) is 22.6. The van der Waals surface area contributed by atoms with Gasteiger partial charge in [-0.25, -0.2) is 4.79 Å². The highest BCUT2D eigenvalue weighted by atomic mass is 16.5. The lowest BCUT2D eigenvalue weighted by molar-refractivity contribution is -0.137. The van der Waals surface area contributed by atoms with Crippen LogP contribution in [-0.2, 0) is 16.6 Å². The van der Waals surface area contributed by atoms with Crippen molar-refractivity contribution in [3.8, 4) is 11.1 Å². The molecule has 3 aromatic rings. The Morgan fingerprint density at radius 2 is 1.74 bits per heavy atom. The Balaban J connectivity index is 1.29. The molecule has 5 rings (SSSR count). The average molecular weight is 475 g/mol. The summed E-state index contributed by atoms with van der Waals surface area (Å²) in [5.41, 5.74) is 4.92. The van der Waals surface area contributed by atoms with Crippen LogP contribution >= 0.6 is 0 Å². The third-order valence-corrected chi connectivity index (χ3v) is 6.77. The fourth-order valence-corrected chi connectivity index (χ4v) is 5.18. The maximum atomic E-state index is 13.2. The standard InChI is InChI=1S/C26H26N4O5/c1-29-24(25(33)30-12-6-7-16(30)13-23(31)32)22(14-27-29)28-26(34)35-15-21-19-10-4-2-8-17(19)18-9-3-5-11-20(18)21/h2-5,8-11,14,16,21H,6-7,12-13,15H2,1H3,(H,28,34)(H,31,32)/t16-/m1/s1. The summed E-state index contributed by atoms with van der Waals surface area (Å²) in [7, 11) is 1.61. The molecule has 0 saturated carbocycles. The van der Waals surface area contributed by atoms with Crippen molar-refractivity contribution >= 4 is 23.7 Å². The van der Waals surface area contributed by atoms with Crippen molar-refractivity contribution in [1.29, 1.82) is 0 Å². The second kappa shape index (κ2) is 9.25. The largest absolute Gasteiger partial charge is 0.481 e. The number of rotatable bonds is 6. The minimum Gasteiger partial charge on any atom is -0.481 e. The van der Waals surface area contributed by atoms with Crippen LogP contribution in [0.3, 0.4) is 0 Å². The van der Waals surface area contributed by atoms with Crippen LogP contribution in [0.4, 0.5) is 10.5 Å². The third kappa shape index (κ3) is 4.25. The number of nitrogens with zero attached hydrogens (tertiary/aromatic N) is 3. The summed E-state index contributed by atoms with van der Waals surface area (Å²) >= 11 is 0. The molecule has 2 aromatic carbocycles. The van der Waals surface area contributed by atoms with Crippen molar-refractivity contribution in [1.82, 2.24) is 14.7 Å². The summed E-state index contributed by atoms with van der Waals surface area (Å²) in [5.74, 6) is -1.39. The summed E-state index contributed by atoms with van der Waals surface area (Å²) in [6, 6.07) is 15.8. The van der Waals surface area contributed by atoms with Gasteiger partial charge in [0.2, 0.25) is 0 Å². The number of fused-ring (bicyclic) bond motifs is 3. The zero-order chi connectivity index (χ0) is 24.5. The van der Waals surface area contributed by atoms with Gasteiger partial charge in [0, 0.05) is 25.6 Å². The van der Waals surface area contributed by atoms with E-state index in [1.807, 2.05) is 36.4 Å². The number of hydrogen-bond donors (Lipinski definition) is 2. The highest BCUT2D eigenvalue weighted by Gasteiger charge is 2.34. The van der Waals surface area contributed by atoms with E-state index in [0.29, 0.717) is 13.0 Å². The van der Waals surface area contributed by atoms with Crippen LogP contribution in [0.1, 0.15) is 46.8 Å². The molecule has 1 aliphatic carbocycles. The summed E-state index contributed by atoms with van der Waals surface area (Å²) in [6.07, 6.45) is 1.97. The van der Waals surface area contributed by atoms with Gasteiger partial charge in [0.05, 0.1) is 18.3 Å². The Labute approximate surface area is 202 Å². The summed E-state index contributed by atoms with van der Waals surface area (Å²) in [6.45, 7) is 0.614. The zero-order valence-corrected chi connectivity index (χ0v) is 19.3. The SMILES string of the molecule is Cn1ncc(NC(=O)OCC2c3ccccc3-c3ccccc32)c1C(=O)N1CCC[C@@H]1CC(=O)O. The summed E-state index contributed by atoms with van der Waals surface area (Å²) in [5, 5.41) is 16.0. The number of amides is 2. The molecule has 2 N–H and O–H groups in total. The molecule has 2 aliphatic rings. The monoisotopic (exact) mass is 474 g/mol. The Hall–Kier alpha value is -4.14. The number of likely N-dealkylation sites (tertiary alicyclic amines) is 1. The van der Waals surface area contributed by atoms with Gasteiger partial charge >= 0.3 is 12.1 Å². The number of aryl methyl sites for hydroxylation is 1. The molecule has 2 amide bonds. The number of anilines is 1. The van der Waals surface area contributed by atoms with Gasteiger partial charge in [-0.15, -0.1) is 0 Å². The van der Waals surface area contributed by atoms with Gasteiger partial charge in [0.25, 0.3) is 5.91 Å². The summed E-state index contributed by atoms with van der Waals surface area (Å²) in [4.78, 5) is 38.7. The fraction of sp³-hybridized carbons (Fsp3) is 0.308. The van der Waals surface area contributed by atoms with Gasteiger partial charge in [-0.05, 0) is 35.1 Å². The Bertz CT molecular complexity index is 1250. The van der Waals surface area contributed by atoms with E-state index in [0.717, 1.165) is 28.7 Å². The second-order valence-corrected chi connectivity index (χ2v) is 8.87. The highest BCUT2D eigenvalue weighted by molar-refractivity contribution is 6.01. The molecule has 0 radical (unpaired) electrons. The molecule has 0 unspecified atom stereocenters. The van der Waals surface area contributed by atoms with Gasteiger partial charge in [-0.1, -0.05) is 48.5 Å². The number of ether oxygens (including phenoxy) is 1. The number of benzene rings is 2. The highest BCUT2D eigenvalue weighted by Crippen LogP contribution is 2.44. The Morgan fingerprint density at radius 3 is 2.40 bits per heavy atom. The van der Waals surface area contributed by atoms with Gasteiger partial charge in [-0.3, -0.25) is 19.6 Å². The Kier molecular flexibility index (Phi) is 5.98. The van der Waals surface area contributed by atoms with Crippen LogP contribution in [0.5, 0.6) is 0 Å². The topological polar surface area (TPSA) is 114 Å². The van der Waals surface area contributed by atoms with Crippen molar-refractivity contribution < 1.29 is 24.2 Å². The molecule has 0 bridgehead atoms. The maximum Gasteiger partial charge on any atom is 0.411 e. The number of nitrogens with one attached hydrogen (secondary N) is 1. The number of carboxylic acids is 1. The van der Waals surface area contributed by atoms with E-state index < -0.39 is 12.1 Å². The van der Waals surface area contributed by atoms with Crippen molar-refractivity contribution in [2.45, 2.75) is 31.2 Å². The molecule has 35 heavy (non-hydrogen) atoms. The van der Waals surface area contributed by atoms with E-state index in [1.54, 1.807) is 11.9 Å². The summed E-state index contributed by atoms with van der Waals surface area (Å²) < 4.78 is 6.98. The molecular weight excluding hydrogens is 448 g/mol. The normalized spacial score (nSPS) is 16.6. The van der Waals surface area contributed by atoms with E-state index in [9.17, 15) is 19.5 Å². The van der Waals surface area contributed by atoms with E-state index >= 15 is 0 Å². The minimum absolute atomic E-state index is 0.0791. The number of carboxylic acid groups (broad SMARTS) is 1. The molecule has 2 heterocycles. The first-order valence-corrected chi connectivity index (χ1v) is 11.6. The van der Waals surface area contributed by atoms with Crippen molar-refractivity contribution in [3.05, 3.63) is 71.5 Å². The van der Waals surface area contributed by atoms with Crippen LogP contribution in [0.2, 0.25) is 0 Å². The van der Waals surface area contributed by atoms with Crippen LogP contribution in [0, 0.1) is 0 Å². The van der Waals surface area contributed by atoms with Gasteiger partial charge in [0.15, 0.2) is 0 Å². The van der Waals surface area contributed by atoms with E-state index in [1.165, 1.54) is 10.9 Å². The van der Waals surface area contributed by atoms with E-state index in [-0.39, 0.29) is 42.3 Å². The lowest BCUT2D eigenvalue weighted by Crippen LogP contribution is -2.38. The van der Waals surface area contributed by atoms with Gasteiger partial charge < -0.3 is 14.7 Å². The second-order valence-electron chi connectivity index (χ2n) is 8.87. The lowest BCUT2D eigenvalue weighted by Gasteiger charge is -2.24. The molecule has 1 aliphatic heterocycles. The fourth-order valence-electron chi connectivity index (χ4n) is 5.18. The predicted octanol–water partition coefficient (Wildman–Crippen LogP) is 3.86. The molecule has 1 saturated heterocycles. The van der Waals surface area contributed by atoms with Gasteiger partial charge in [0.1, 0.15) is 12.3 Å². The third-order valence-electron chi connectivity index (χ3n) is 6.77. The number of carbonyl (C=O) groups is 3. The molecule has 0 spiro atoms. The van der Waals surface area contributed by atoms with E-state index in [2.05, 4.69) is 22.5 Å². The van der Waals surface area contributed by atoms with Crippen molar-refractivity contribution in [2.24, 2.45) is 7.05 Å². The molecule has 1 fully saturated rings. The van der Waals surface area contributed by atoms with Crippen molar-refractivity contribution in [2.75, 3.05) is 18.5 Å². The number of hydrogen-bond acceptors (Lipinski definition) is 5. The molecule has 1 aromatic heterocycles. The van der Waals surface area contributed by atoms with Crippen LogP contribution in [0.15, 0.2) is 54.7 Å². The molecular formula is C26H26N4O5. The Morgan fingerprint density at radius 1 is 1.09 bits per heavy atom. The smallest absolute Gasteiger partial charge is 0.411 e. The van der Waals surface area contributed by atoms with Crippen LogP contribution < -0.4 is 5.32 Å². The molecule has 9 nitrogen and oxygen atoms in total. The first-order valence-electron chi connectivity index (χ1n) is 11.6. The van der Waals surface area contributed by atoms with Crippen LogP contribution in [-0.4, -0.2) is 57.0 Å². The predicted molar refractivity (Wildman–Crippen MR) is 128 cm³/mol. The molecule has 180 valence electrons. The quantitative estimate of drug-likeness (QED) is 0.561. The average Bonchev–Trinajstić information content (AvgIpc) is 3.53. The zero-order valence-electron chi connectivity index (χ0n) is 19.3. The number of carbonyl (C=O) groups excluding carboxylic acids is 2. The lowest BCUT2D eigenvalue weighted by atomic mass is 9.98. The minimum atomic E-state index is -0.948. The van der Waals surface area contributed by atoms with Gasteiger partial charge in [-0.2, -0.15) is 5.10 Å². The molecule has 9 heteroatoms. The van der Waals surface area contributed by atoms with Crippen LogP contribution in [0.25, 0.3) is 11.1 Å². The number of aliphatic carboxylic acids is 1. The molecule has 1 atom stereocenters. The number of aromatic nitrogens is 2. The maximum absolute atomic E-state index is 13.2. The van der Waals surface area contributed by atoms with Crippen molar-refractivity contribution in [3.63, 3.8) is 0 Å². The van der Waals surface area contributed by atoms with E-state index in [4.69, 9.17) is 4.74 Å².